The molecule has 7 heteroatoms. The fraction of sp³-hybridized carbons (Fsp3) is 0.172. The highest BCUT2D eigenvalue weighted by molar-refractivity contribution is 5.95. The molecule has 0 radical (unpaired) electrons. The van der Waals surface area contributed by atoms with Crippen LogP contribution >= 0.6 is 0 Å². The van der Waals surface area contributed by atoms with E-state index < -0.39 is 0 Å². The molecule has 0 bridgehead atoms. The van der Waals surface area contributed by atoms with Gasteiger partial charge in [0.1, 0.15) is 0 Å². The van der Waals surface area contributed by atoms with Crippen molar-refractivity contribution in [3.63, 3.8) is 0 Å². The molecule has 0 aliphatic heterocycles. The second-order valence-corrected chi connectivity index (χ2v) is 9.04. The van der Waals surface area contributed by atoms with E-state index in [9.17, 15) is 4.79 Å². The van der Waals surface area contributed by atoms with Crippen LogP contribution in [-0.2, 0) is 6.42 Å². The molecule has 0 spiro atoms. The first-order valence-electron chi connectivity index (χ1n) is 12.2. The molecule has 3 heterocycles. The van der Waals surface area contributed by atoms with Gasteiger partial charge in [-0.2, -0.15) is 0 Å². The molecule has 1 fully saturated rings. The van der Waals surface area contributed by atoms with E-state index in [2.05, 4.69) is 38.2 Å². The Morgan fingerprint density at radius 2 is 1.78 bits per heavy atom. The van der Waals surface area contributed by atoms with Crippen molar-refractivity contribution in [2.24, 2.45) is 0 Å². The van der Waals surface area contributed by atoms with Gasteiger partial charge in [0.05, 0.1) is 17.6 Å². The highest BCUT2D eigenvalue weighted by atomic mass is 16.1. The highest BCUT2D eigenvalue weighted by Crippen LogP contribution is 2.28. The van der Waals surface area contributed by atoms with Crippen molar-refractivity contribution >= 4 is 17.4 Å². The number of carbonyl (C=O) groups excluding carboxylic acids is 1. The van der Waals surface area contributed by atoms with Crippen LogP contribution < -0.4 is 10.6 Å². The third-order valence-electron chi connectivity index (χ3n) is 6.35. The van der Waals surface area contributed by atoms with Crippen LogP contribution in [0.4, 0.5) is 5.82 Å². The number of rotatable bonds is 8. The van der Waals surface area contributed by atoms with E-state index >= 15 is 0 Å². The molecule has 5 aromatic rings. The van der Waals surface area contributed by atoms with E-state index in [0.717, 1.165) is 58.8 Å². The number of hydrogen-bond donors (Lipinski definition) is 2. The first-order chi connectivity index (χ1) is 17.7. The highest BCUT2D eigenvalue weighted by Gasteiger charge is 2.23. The van der Waals surface area contributed by atoms with Crippen LogP contribution in [0, 0.1) is 0 Å². The summed E-state index contributed by atoms with van der Waals surface area (Å²) in [6.07, 6.45) is 10.5. The van der Waals surface area contributed by atoms with E-state index in [0.29, 0.717) is 18.2 Å². The minimum Gasteiger partial charge on any atom is -0.367 e. The number of imidazole rings is 1. The molecule has 1 saturated carbocycles. The normalized spacial score (nSPS) is 13.0. The first-order valence-corrected chi connectivity index (χ1v) is 12.2. The summed E-state index contributed by atoms with van der Waals surface area (Å²) >= 11 is 0. The number of carbonyl (C=O) groups is 1. The average molecular weight is 475 g/mol. The van der Waals surface area contributed by atoms with Crippen LogP contribution in [0.1, 0.15) is 28.8 Å². The molecule has 7 nitrogen and oxygen atoms in total. The van der Waals surface area contributed by atoms with E-state index in [4.69, 9.17) is 9.97 Å². The maximum Gasteiger partial charge on any atom is 0.251 e. The topological polar surface area (TPSA) is 84.2 Å². The number of anilines is 1. The van der Waals surface area contributed by atoms with Gasteiger partial charge < -0.3 is 10.6 Å². The number of amides is 1. The second kappa shape index (κ2) is 9.62. The van der Waals surface area contributed by atoms with E-state index in [1.165, 1.54) is 0 Å². The van der Waals surface area contributed by atoms with Crippen LogP contribution in [0.5, 0.6) is 0 Å². The quantitative estimate of drug-likeness (QED) is 0.330. The van der Waals surface area contributed by atoms with Crippen molar-refractivity contribution in [1.82, 2.24) is 24.7 Å². The molecule has 3 aromatic heterocycles. The van der Waals surface area contributed by atoms with Gasteiger partial charge in [0.15, 0.2) is 11.5 Å². The summed E-state index contributed by atoms with van der Waals surface area (Å²) in [7, 11) is 0. The lowest BCUT2D eigenvalue weighted by Crippen LogP contribution is -2.25. The Labute approximate surface area is 209 Å². The lowest BCUT2D eigenvalue weighted by molar-refractivity contribution is 0.0951. The molecule has 0 atom stereocenters. The van der Waals surface area contributed by atoms with Crippen molar-refractivity contribution in [1.29, 1.82) is 0 Å². The van der Waals surface area contributed by atoms with Crippen LogP contribution in [-0.4, -0.2) is 37.8 Å². The summed E-state index contributed by atoms with van der Waals surface area (Å²) in [6, 6.07) is 22.2. The zero-order valence-corrected chi connectivity index (χ0v) is 19.8. The minimum absolute atomic E-state index is 0.0159. The molecule has 0 unspecified atom stereocenters. The van der Waals surface area contributed by atoms with Gasteiger partial charge in [-0.1, -0.05) is 48.5 Å². The molecular formula is C29H26N6O. The predicted octanol–water partition coefficient (Wildman–Crippen LogP) is 5.01. The zero-order chi connectivity index (χ0) is 24.3. The van der Waals surface area contributed by atoms with Crippen molar-refractivity contribution in [2.45, 2.75) is 25.3 Å². The molecule has 1 amide bonds. The van der Waals surface area contributed by atoms with Gasteiger partial charge in [0, 0.05) is 47.9 Å². The Bertz CT molecular complexity index is 1490. The summed E-state index contributed by atoms with van der Waals surface area (Å²) in [4.78, 5) is 26.2. The Morgan fingerprint density at radius 1 is 0.944 bits per heavy atom. The van der Waals surface area contributed by atoms with Crippen LogP contribution in [0.15, 0.2) is 91.5 Å². The Kier molecular flexibility index (Phi) is 5.87. The third-order valence-corrected chi connectivity index (χ3v) is 6.35. The van der Waals surface area contributed by atoms with Gasteiger partial charge in [-0.25, -0.2) is 9.97 Å². The lowest BCUT2D eigenvalue weighted by Gasteiger charge is -2.12. The number of fused-ring (bicyclic) bond motifs is 1. The Hall–Kier alpha value is -4.52. The van der Waals surface area contributed by atoms with Gasteiger partial charge in [-0.15, -0.1) is 0 Å². The Balaban J connectivity index is 1.33. The van der Waals surface area contributed by atoms with Crippen molar-refractivity contribution < 1.29 is 4.79 Å². The number of nitrogens with zero attached hydrogens (tertiary/aromatic N) is 4. The van der Waals surface area contributed by atoms with Crippen LogP contribution in [0.25, 0.3) is 28.2 Å². The van der Waals surface area contributed by atoms with Gasteiger partial charge in [0.2, 0.25) is 0 Å². The molecule has 1 aliphatic carbocycles. The van der Waals surface area contributed by atoms with Crippen LogP contribution in [0.2, 0.25) is 0 Å². The molecular weight excluding hydrogens is 448 g/mol. The van der Waals surface area contributed by atoms with E-state index in [1.54, 1.807) is 6.20 Å². The maximum absolute atomic E-state index is 12.4. The summed E-state index contributed by atoms with van der Waals surface area (Å²) in [5.74, 6) is 0.713. The zero-order valence-electron chi connectivity index (χ0n) is 19.8. The van der Waals surface area contributed by atoms with E-state index in [1.807, 2.05) is 67.1 Å². The fourth-order valence-corrected chi connectivity index (χ4v) is 4.23. The van der Waals surface area contributed by atoms with Gasteiger partial charge in [-0.05, 0) is 43.0 Å². The molecule has 2 aromatic carbocycles. The first kappa shape index (κ1) is 22.0. The molecule has 2 N–H and O–H groups in total. The Morgan fingerprint density at radius 3 is 2.53 bits per heavy atom. The number of hydrogen-bond acceptors (Lipinski definition) is 5. The SMILES string of the molecule is O=C(NC1CC1)c1ccc(-c2cnc3c(NCCc4cccnc4)nc(-c4ccccc4)cn23)cc1. The van der Waals surface area contributed by atoms with E-state index in [-0.39, 0.29) is 5.91 Å². The summed E-state index contributed by atoms with van der Waals surface area (Å²) in [5, 5.41) is 6.53. The van der Waals surface area contributed by atoms with Crippen molar-refractivity contribution in [3.05, 3.63) is 103 Å². The predicted molar refractivity (Wildman–Crippen MR) is 141 cm³/mol. The molecule has 178 valence electrons. The molecule has 6 rings (SSSR count). The average Bonchev–Trinajstić information content (AvgIpc) is 3.64. The molecule has 1 aliphatic rings. The van der Waals surface area contributed by atoms with Gasteiger partial charge in [-0.3, -0.25) is 14.2 Å². The summed E-state index contributed by atoms with van der Waals surface area (Å²) in [5.41, 5.74) is 6.39. The standard InChI is InChI=1S/C29H26N6O/c36-29(33-24-12-13-24)23-10-8-22(9-11-23)26-18-32-28-27(31-16-14-20-5-4-15-30-17-20)34-25(19-35(26)28)21-6-2-1-3-7-21/h1-11,15,17-19,24H,12-14,16H2,(H,31,34)(H,33,36). The monoisotopic (exact) mass is 474 g/mol. The van der Waals surface area contributed by atoms with Gasteiger partial charge in [0.25, 0.3) is 5.91 Å². The third kappa shape index (κ3) is 4.68. The smallest absolute Gasteiger partial charge is 0.251 e. The maximum atomic E-state index is 12.4. The van der Waals surface area contributed by atoms with Crippen molar-refractivity contribution in [2.75, 3.05) is 11.9 Å². The number of nitrogens with one attached hydrogen (secondary N) is 2. The largest absolute Gasteiger partial charge is 0.367 e. The van der Waals surface area contributed by atoms with Gasteiger partial charge >= 0.3 is 0 Å². The summed E-state index contributed by atoms with van der Waals surface area (Å²) < 4.78 is 2.07. The van der Waals surface area contributed by atoms with Crippen LogP contribution in [0.3, 0.4) is 0 Å². The summed E-state index contributed by atoms with van der Waals surface area (Å²) in [6.45, 7) is 0.708. The number of benzene rings is 2. The molecule has 0 saturated heterocycles. The number of pyridine rings is 1. The van der Waals surface area contributed by atoms with Crippen molar-refractivity contribution in [3.8, 4) is 22.5 Å². The molecule has 36 heavy (non-hydrogen) atoms. The minimum atomic E-state index is -0.0159. The fourth-order valence-electron chi connectivity index (χ4n) is 4.23. The second-order valence-electron chi connectivity index (χ2n) is 9.04. The number of aromatic nitrogens is 4. The lowest BCUT2D eigenvalue weighted by atomic mass is 10.1.